The zero-order valence-corrected chi connectivity index (χ0v) is 13.3. The van der Waals surface area contributed by atoms with Gasteiger partial charge in [0.25, 0.3) is 0 Å². The average Bonchev–Trinajstić information content (AvgIpc) is 2.56. The van der Waals surface area contributed by atoms with Crippen molar-refractivity contribution in [3.8, 4) is 11.1 Å². The average molecular weight is 298 g/mol. The molecule has 0 amide bonds. The molecule has 0 spiro atoms. The molecule has 0 fully saturated rings. The third kappa shape index (κ3) is 4.43. The Morgan fingerprint density at radius 3 is 2.36 bits per heavy atom. The normalized spacial score (nSPS) is 12.3. The fraction of sp³-hybridized carbons (Fsp3) is 0.400. The molecule has 0 saturated heterocycles. The summed E-state index contributed by atoms with van der Waals surface area (Å²) in [7, 11) is 0. The van der Waals surface area contributed by atoms with E-state index in [2.05, 4.69) is 31.2 Å². The fourth-order valence-electron chi connectivity index (χ4n) is 2.76. The predicted molar refractivity (Wildman–Crippen MR) is 91.8 cm³/mol. The van der Waals surface area contributed by atoms with Crippen LogP contribution < -0.4 is 0 Å². The molecule has 0 aliphatic carbocycles. The Kier molecular flexibility index (Phi) is 6.63. The van der Waals surface area contributed by atoms with Crippen molar-refractivity contribution >= 4 is 0 Å². The van der Waals surface area contributed by atoms with E-state index in [0.717, 1.165) is 23.1 Å². The lowest BCUT2D eigenvalue weighted by Crippen LogP contribution is -2.02. The highest BCUT2D eigenvalue weighted by molar-refractivity contribution is 5.68. The Labute approximate surface area is 133 Å². The molecule has 0 saturated carbocycles. The van der Waals surface area contributed by atoms with E-state index in [-0.39, 0.29) is 6.61 Å². The molecule has 1 atom stereocenters. The second-order valence-electron chi connectivity index (χ2n) is 5.77. The number of rotatable bonds is 8. The van der Waals surface area contributed by atoms with Crippen LogP contribution in [-0.4, -0.2) is 16.8 Å². The van der Waals surface area contributed by atoms with Crippen LogP contribution in [0.15, 0.2) is 48.5 Å². The van der Waals surface area contributed by atoms with Gasteiger partial charge < -0.3 is 10.2 Å². The minimum atomic E-state index is -0.620. The standard InChI is InChI=1S/C20H26O2/c1-2-3-4-7-16-10-12-17(13-11-16)18-8-5-6-9-19(18)20(22)14-15-21/h5-6,8-13,20-22H,2-4,7,14-15H2,1H3. The van der Waals surface area contributed by atoms with Gasteiger partial charge in [-0.1, -0.05) is 68.3 Å². The van der Waals surface area contributed by atoms with Crippen molar-refractivity contribution in [2.75, 3.05) is 6.61 Å². The van der Waals surface area contributed by atoms with Crippen LogP contribution in [-0.2, 0) is 6.42 Å². The van der Waals surface area contributed by atoms with Crippen molar-refractivity contribution in [2.45, 2.75) is 45.1 Å². The molecule has 2 N–H and O–H groups in total. The summed E-state index contributed by atoms with van der Waals surface area (Å²) >= 11 is 0. The second kappa shape index (κ2) is 8.72. The molecule has 2 aromatic carbocycles. The molecule has 2 rings (SSSR count). The highest BCUT2D eigenvalue weighted by atomic mass is 16.3. The van der Waals surface area contributed by atoms with Gasteiger partial charge in [0.1, 0.15) is 0 Å². The topological polar surface area (TPSA) is 40.5 Å². The summed E-state index contributed by atoms with van der Waals surface area (Å²) in [4.78, 5) is 0. The number of unbranched alkanes of at least 4 members (excludes halogenated alkanes) is 2. The van der Waals surface area contributed by atoms with E-state index in [1.54, 1.807) is 0 Å². The summed E-state index contributed by atoms with van der Waals surface area (Å²) in [5.74, 6) is 0. The molecule has 118 valence electrons. The van der Waals surface area contributed by atoms with Crippen molar-refractivity contribution in [3.05, 3.63) is 59.7 Å². The molecule has 2 aromatic rings. The van der Waals surface area contributed by atoms with Gasteiger partial charge >= 0.3 is 0 Å². The molecule has 0 aromatic heterocycles. The molecular formula is C20H26O2. The van der Waals surface area contributed by atoms with Crippen LogP contribution in [0.2, 0.25) is 0 Å². The minimum Gasteiger partial charge on any atom is -0.396 e. The van der Waals surface area contributed by atoms with Crippen LogP contribution >= 0.6 is 0 Å². The molecule has 22 heavy (non-hydrogen) atoms. The van der Waals surface area contributed by atoms with Gasteiger partial charge in [0.05, 0.1) is 6.10 Å². The number of benzene rings is 2. The maximum absolute atomic E-state index is 10.2. The Balaban J connectivity index is 2.17. The monoisotopic (exact) mass is 298 g/mol. The molecule has 0 heterocycles. The summed E-state index contributed by atoms with van der Waals surface area (Å²) in [6.07, 6.45) is 4.63. The molecule has 2 nitrogen and oxygen atoms in total. The summed E-state index contributed by atoms with van der Waals surface area (Å²) in [5.41, 5.74) is 4.41. The third-order valence-corrected chi connectivity index (χ3v) is 4.06. The maximum atomic E-state index is 10.2. The summed E-state index contributed by atoms with van der Waals surface area (Å²) in [5, 5.41) is 19.2. The Morgan fingerprint density at radius 1 is 0.955 bits per heavy atom. The van der Waals surface area contributed by atoms with Crippen LogP contribution in [0.1, 0.15) is 49.8 Å². The van der Waals surface area contributed by atoms with E-state index >= 15 is 0 Å². The van der Waals surface area contributed by atoms with Crippen LogP contribution in [0.5, 0.6) is 0 Å². The van der Waals surface area contributed by atoms with Crippen molar-refractivity contribution in [1.82, 2.24) is 0 Å². The first-order valence-corrected chi connectivity index (χ1v) is 8.23. The largest absolute Gasteiger partial charge is 0.396 e. The van der Waals surface area contributed by atoms with Crippen molar-refractivity contribution < 1.29 is 10.2 Å². The molecule has 0 aliphatic rings. The Hall–Kier alpha value is -1.64. The minimum absolute atomic E-state index is 0.00807. The quantitative estimate of drug-likeness (QED) is 0.704. The van der Waals surface area contributed by atoms with Crippen molar-refractivity contribution in [2.24, 2.45) is 0 Å². The maximum Gasteiger partial charge on any atom is 0.0817 e. The number of hydrogen-bond acceptors (Lipinski definition) is 2. The highest BCUT2D eigenvalue weighted by Crippen LogP contribution is 2.30. The smallest absolute Gasteiger partial charge is 0.0817 e. The Bertz CT molecular complexity index is 560. The number of aliphatic hydroxyl groups is 2. The van der Waals surface area contributed by atoms with Gasteiger partial charge in [0.15, 0.2) is 0 Å². The molecule has 2 heteroatoms. The van der Waals surface area contributed by atoms with Gasteiger partial charge in [-0.15, -0.1) is 0 Å². The zero-order chi connectivity index (χ0) is 15.8. The molecular weight excluding hydrogens is 272 g/mol. The van der Waals surface area contributed by atoms with E-state index in [0.29, 0.717) is 6.42 Å². The van der Waals surface area contributed by atoms with Crippen LogP contribution in [0.3, 0.4) is 0 Å². The van der Waals surface area contributed by atoms with Gasteiger partial charge in [0.2, 0.25) is 0 Å². The summed E-state index contributed by atoms with van der Waals surface area (Å²) < 4.78 is 0. The van der Waals surface area contributed by atoms with E-state index in [4.69, 9.17) is 5.11 Å². The lowest BCUT2D eigenvalue weighted by Gasteiger charge is -2.15. The highest BCUT2D eigenvalue weighted by Gasteiger charge is 2.12. The van der Waals surface area contributed by atoms with E-state index in [9.17, 15) is 5.11 Å². The van der Waals surface area contributed by atoms with Gasteiger partial charge in [-0.2, -0.15) is 0 Å². The van der Waals surface area contributed by atoms with Gasteiger partial charge in [0, 0.05) is 13.0 Å². The van der Waals surface area contributed by atoms with Crippen LogP contribution in [0.25, 0.3) is 11.1 Å². The first-order valence-electron chi connectivity index (χ1n) is 8.23. The molecule has 0 aliphatic heterocycles. The van der Waals surface area contributed by atoms with Crippen LogP contribution in [0, 0.1) is 0 Å². The first-order chi connectivity index (χ1) is 10.8. The SMILES string of the molecule is CCCCCc1ccc(-c2ccccc2C(O)CCO)cc1. The number of aliphatic hydroxyl groups excluding tert-OH is 2. The molecule has 1 unspecified atom stereocenters. The predicted octanol–water partition coefficient (Wildman–Crippen LogP) is 4.50. The van der Waals surface area contributed by atoms with Gasteiger partial charge in [-0.05, 0) is 35.1 Å². The van der Waals surface area contributed by atoms with E-state index in [1.165, 1.54) is 24.8 Å². The first kappa shape index (κ1) is 16.7. The van der Waals surface area contributed by atoms with E-state index in [1.807, 2.05) is 24.3 Å². The molecule has 0 bridgehead atoms. The van der Waals surface area contributed by atoms with Gasteiger partial charge in [-0.25, -0.2) is 0 Å². The molecule has 0 radical (unpaired) electrons. The summed E-state index contributed by atoms with van der Waals surface area (Å²) in [6.45, 7) is 2.21. The number of hydrogen-bond donors (Lipinski definition) is 2. The third-order valence-electron chi connectivity index (χ3n) is 4.06. The summed E-state index contributed by atoms with van der Waals surface area (Å²) in [6, 6.07) is 16.5. The second-order valence-corrected chi connectivity index (χ2v) is 5.77. The Morgan fingerprint density at radius 2 is 1.68 bits per heavy atom. The van der Waals surface area contributed by atoms with Crippen LogP contribution in [0.4, 0.5) is 0 Å². The lowest BCUT2D eigenvalue weighted by molar-refractivity contribution is 0.135. The fourth-order valence-corrected chi connectivity index (χ4v) is 2.76. The van der Waals surface area contributed by atoms with Crippen molar-refractivity contribution in [1.29, 1.82) is 0 Å². The lowest BCUT2D eigenvalue weighted by atomic mass is 9.94. The van der Waals surface area contributed by atoms with E-state index < -0.39 is 6.10 Å². The van der Waals surface area contributed by atoms with Gasteiger partial charge in [-0.3, -0.25) is 0 Å². The van der Waals surface area contributed by atoms with Crippen molar-refractivity contribution in [3.63, 3.8) is 0 Å². The number of aryl methyl sites for hydroxylation is 1. The zero-order valence-electron chi connectivity index (χ0n) is 13.3.